The lowest BCUT2D eigenvalue weighted by Crippen LogP contribution is -2.17. The number of rotatable bonds is 7. The second kappa shape index (κ2) is 9.77. The van der Waals surface area contributed by atoms with Gasteiger partial charge in [-0.15, -0.1) is 10.2 Å². The quantitative estimate of drug-likeness (QED) is 0.539. The number of benzene rings is 2. The summed E-state index contributed by atoms with van der Waals surface area (Å²) < 4.78 is 1.71. The van der Waals surface area contributed by atoms with Crippen LogP contribution in [0.25, 0.3) is 0 Å². The predicted octanol–water partition coefficient (Wildman–Crippen LogP) is 4.00. The lowest BCUT2D eigenvalue weighted by molar-refractivity contribution is -0.116. The average molecular weight is 444 g/mol. The van der Waals surface area contributed by atoms with Crippen molar-refractivity contribution in [1.82, 2.24) is 14.8 Å². The summed E-state index contributed by atoms with van der Waals surface area (Å²) in [5.41, 5.74) is 3.51. The van der Waals surface area contributed by atoms with E-state index in [0.29, 0.717) is 21.7 Å². The number of aromatic nitrogens is 3. The van der Waals surface area contributed by atoms with Crippen molar-refractivity contribution in [2.24, 2.45) is 7.05 Å². The second-order valence-corrected chi connectivity index (χ2v) is 8.10. The fourth-order valence-corrected chi connectivity index (χ4v) is 3.64. The zero-order valence-electron chi connectivity index (χ0n) is 16.9. The van der Waals surface area contributed by atoms with Crippen LogP contribution < -0.4 is 10.6 Å². The molecule has 0 aliphatic heterocycles. The van der Waals surface area contributed by atoms with Crippen molar-refractivity contribution in [2.75, 3.05) is 16.4 Å². The van der Waals surface area contributed by atoms with E-state index < -0.39 is 0 Å². The van der Waals surface area contributed by atoms with Crippen molar-refractivity contribution in [1.29, 1.82) is 0 Å². The Balaban J connectivity index is 1.56. The fraction of sp³-hybridized carbons (Fsp3) is 0.238. The molecule has 0 radical (unpaired) electrons. The third-order valence-electron chi connectivity index (χ3n) is 4.60. The molecular weight excluding hydrogens is 422 g/mol. The molecule has 0 saturated heterocycles. The first-order valence-corrected chi connectivity index (χ1v) is 10.6. The van der Waals surface area contributed by atoms with Gasteiger partial charge in [-0.1, -0.05) is 47.6 Å². The molecule has 9 heteroatoms. The Morgan fingerprint density at radius 1 is 1.00 bits per heavy atom. The summed E-state index contributed by atoms with van der Waals surface area (Å²) in [5, 5.41) is 14.9. The number of nitrogens with one attached hydrogen (secondary N) is 2. The number of amides is 2. The third kappa shape index (κ3) is 5.40. The maximum Gasteiger partial charge on any atom is 0.234 e. The fourth-order valence-electron chi connectivity index (χ4n) is 2.73. The van der Waals surface area contributed by atoms with Crippen LogP contribution in [0, 0.1) is 13.8 Å². The number of thioether (sulfide) groups is 1. The van der Waals surface area contributed by atoms with Gasteiger partial charge in [0.05, 0.1) is 22.9 Å². The van der Waals surface area contributed by atoms with Crippen LogP contribution in [0.5, 0.6) is 0 Å². The van der Waals surface area contributed by atoms with Crippen molar-refractivity contribution in [2.45, 2.75) is 25.4 Å². The van der Waals surface area contributed by atoms with Gasteiger partial charge >= 0.3 is 0 Å². The molecule has 156 valence electrons. The third-order valence-corrected chi connectivity index (χ3v) is 5.95. The van der Waals surface area contributed by atoms with E-state index >= 15 is 0 Å². The van der Waals surface area contributed by atoms with Crippen molar-refractivity contribution in [3.05, 3.63) is 64.4 Å². The monoisotopic (exact) mass is 443 g/mol. The van der Waals surface area contributed by atoms with Crippen LogP contribution >= 0.6 is 23.4 Å². The van der Waals surface area contributed by atoms with Crippen LogP contribution in [-0.2, 0) is 23.1 Å². The molecule has 30 heavy (non-hydrogen) atoms. The van der Waals surface area contributed by atoms with Gasteiger partial charge in [0.2, 0.25) is 11.8 Å². The highest BCUT2D eigenvalue weighted by Crippen LogP contribution is 2.22. The van der Waals surface area contributed by atoms with E-state index in [-0.39, 0.29) is 24.0 Å². The van der Waals surface area contributed by atoms with E-state index in [4.69, 9.17) is 11.6 Å². The molecule has 0 spiro atoms. The lowest BCUT2D eigenvalue weighted by Gasteiger charge is -2.10. The van der Waals surface area contributed by atoms with Crippen molar-refractivity contribution >= 4 is 46.6 Å². The van der Waals surface area contributed by atoms with Crippen LogP contribution in [0.15, 0.2) is 47.6 Å². The Hall–Kier alpha value is -2.84. The predicted molar refractivity (Wildman–Crippen MR) is 120 cm³/mol. The standard InChI is InChI=1S/C21H22ClN5O2S/c1-13-7-6-10-16(14(13)2)23-20(29)12-30-21-26-25-18(27(21)3)11-19(28)24-17-9-5-4-8-15(17)22/h4-10H,11-12H2,1-3H3,(H,23,29)(H,24,28). The Morgan fingerprint density at radius 3 is 2.47 bits per heavy atom. The van der Waals surface area contributed by atoms with Crippen molar-refractivity contribution in [3.63, 3.8) is 0 Å². The number of halogens is 1. The Kier molecular flexibility index (Phi) is 7.12. The number of carbonyl (C=O) groups is 2. The van der Waals surface area contributed by atoms with E-state index in [0.717, 1.165) is 16.8 Å². The first kappa shape index (κ1) is 21.9. The first-order chi connectivity index (χ1) is 14.3. The summed E-state index contributed by atoms with van der Waals surface area (Å²) in [6.07, 6.45) is 0.0456. The smallest absolute Gasteiger partial charge is 0.234 e. The number of anilines is 2. The van der Waals surface area contributed by atoms with Crippen LogP contribution in [0.4, 0.5) is 11.4 Å². The highest BCUT2D eigenvalue weighted by atomic mass is 35.5. The molecule has 0 bridgehead atoms. The maximum atomic E-state index is 12.3. The summed E-state index contributed by atoms with van der Waals surface area (Å²) in [6, 6.07) is 12.8. The molecule has 0 saturated carbocycles. The molecule has 0 aliphatic carbocycles. The van der Waals surface area contributed by atoms with Crippen LogP contribution in [0.2, 0.25) is 5.02 Å². The number of nitrogens with zero attached hydrogens (tertiary/aromatic N) is 3. The van der Waals surface area contributed by atoms with E-state index in [1.165, 1.54) is 11.8 Å². The molecule has 0 atom stereocenters. The zero-order valence-corrected chi connectivity index (χ0v) is 18.5. The molecule has 1 aromatic heterocycles. The highest BCUT2D eigenvalue weighted by Gasteiger charge is 2.15. The summed E-state index contributed by atoms with van der Waals surface area (Å²) in [5.74, 6) is 0.306. The van der Waals surface area contributed by atoms with Gasteiger partial charge in [-0.2, -0.15) is 0 Å². The average Bonchev–Trinajstić information content (AvgIpc) is 3.05. The SMILES string of the molecule is Cc1cccc(NC(=O)CSc2nnc(CC(=O)Nc3ccccc3Cl)n2C)c1C. The minimum absolute atomic E-state index is 0.0456. The summed E-state index contributed by atoms with van der Waals surface area (Å²) in [7, 11) is 1.77. The molecule has 2 N–H and O–H groups in total. The molecule has 7 nitrogen and oxygen atoms in total. The molecule has 2 aromatic carbocycles. The van der Waals surface area contributed by atoms with Gasteiger partial charge in [0, 0.05) is 12.7 Å². The first-order valence-electron chi connectivity index (χ1n) is 9.26. The molecule has 3 aromatic rings. The largest absolute Gasteiger partial charge is 0.325 e. The number of hydrogen-bond donors (Lipinski definition) is 2. The Bertz CT molecular complexity index is 1080. The highest BCUT2D eigenvalue weighted by molar-refractivity contribution is 7.99. The van der Waals surface area contributed by atoms with Gasteiger partial charge in [-0.3, -0.25) is 9.59 Å². The van der Waals surface area contributed by atoms with Crippen LogP contribution in [0.3, 0.4) is 0 Å². The number of carbonyl (C=O) groups excluding carboxylic acids is 2. The number of aryl methyl sites for hydroxylation is 1. The molecular formula is C21H22ClN5O2S. The van der Waals surface area contributed by atoms with E-state index in [9.17, 15) is 9.59 Å². The molecule has 2 amide bonds. The van der Waals surface area contributed by atoms with Gasteiger partial charge in [0.1, 0.15) is 5.82 Å². The van der Waals surface area contributed by atoms with E-state index in [2.05, 4.69) is 20.8 Å². The molecule has 1 heterocycles. The molecule has 0 unspecified atom stereocenters. The minimum Gasteiger partial charge on any atom is -0.325 e. The van der Waals surface area contributed by atoms with Crippen molar-refractivity contribution < 1.29 is 9.59 Å². The van der Waals surface area contributed by atoms with Gasteiger partial charge < -0.3 is 15.2 Å². The minimum atomic E-state index is -0.247. The van der Waals surface area contributed by atoms with Gasteiger partial charge in [0.25, 0.3) is 0 Å². The number of para-hydroxylation sites is 1. The Morgan fingerprint density at radius 2 is 1.70 bits per heavy atom. The second-order valence-electron chi connectivity index (χ2n) is 6.75. The normalized spacial score (nSPS) is 10.7. The van der Waals surface area contributed by atoms with Crippen LogP contribution in [0.1, 0.15) is 17.0 Å². The molecule has 3 rings (SSSR count). The molecule has 0 aliphatic rings. The van der Waals surface area contributed by atoms with Gasteiger partial charge in [-0.25, -0.2) is 0 Å². The summed E-state index contributed by atoms with van der Waals surface area (Å²) >= 11 is 7.33. The van der Waals surface area contributed by atoms with Gasteiger partial charge in [-0.05, 0) is 43.2 Å². The van der Waals surface area contributed by atoms with E-state index in [1.807, 2.05) is 32.0 Å². The van der Waals surface area contributed by atoms with Gasteiger partial charge in [0.15, 0.2) is 5.16 Å². The van der Waals surface area contributed by atoms with Crippen LogP contribution in [-0.4, -0.2) is 32.3 Å². The zero-order chi connectivity index (χ0) is 21.7. The summed E-state index contributed by atoms with van der Waals surface area (Å²) in [6.45, 7) is 3.98. The maximum absolute atomic E-state index is 12.3. The molecule has 0 fully saturated rings. The summed E-state index contributed by atoms with van der Waals surface area (Å²) in [4.78, 5) is 24.6. The number of hydrogen-bond acceptors (Lipinski definition) is 5. The van der Waals surface area contributed by atoms with Crippen molar-refractivity contribution in [3.8, 4) is 0 Å². The lowest BCUT2D eigenvalue weighted by atomic mass is 10.1. The van der Waals surface area contributed by atoms with E-state index in [1.54, 1.807) is 35.9 Å². The Labute approximate surface area is 184 Å². The topological polar surface area (TPSA) is 88.9 Å².